The Hall–Kier alpha value is -1.33. The van der Waals surface area contributed by atoms with Crippen LogP contribution in [0.25, 0.3) is 0 Å². The Morgan fingerprint density at radius 1 is 1.11 bits per heavy atom. The lowest BCUT2D eigenvalue weighted by atomic mass is 10.1. The van der Waals surface area contributed by atoms with Gasteiger partial charge in [0.05, 0.1) is 14.5 Å². The molecule has 5 heteroatoms. The molecule has 0 amide bonds. The Bertz CT molecular complexity index is 591. The van der Waals surface area contributed by atoms with Gasteiger partial charge in [0.25, 0.3) is 0 Å². The van der Waals surface area contributed by atoms with Crippen molar-refractivity contribution in [2.24, 2.45) is 0 Å². The first-order chi connectivity index (χ1) is 9.08. The summed E-state index contributed by atoms with van der Waals surface area (Å²) in [7, 11) is 0. The van der Waals surface area contributed by atoms with Crippen LogP contribution in [-0.2, 0) is 6.61 Å². The Balaban J connectivity index is 2.15. The van der Waals surface area contributed by atoms with Gasteiger partial charge < -0.3 is 9.84 Å². The first-order valence-corrected chi connectivity index (χ1v) is 7.05. The highest BCUT2D eigenvalue weighted by Gasteiger charge is 2.07. The van der Waals surface area contributed by atoms with Gasteiger partial charge in [0.2, 0.25) is 0 Å². The molecule has 0 aliphatic carbocycles. The molecule has 0 heterocycles. The van der Waals surface area contributed by atoms with Gasteiger partial charge in [0.15, 0.2) is 0 Å². The third-order valence-corrected chi connectivity index (χ3v) is 3.72. The molecule has 2 aromatic carbocycles. The van der Waals surface area contributed by atoms with Crippen LogP contribution in [0, 0.1) is 0 Å². The van der Waals surface area contributed by atoms with E-state index in [4.69, 9.17) is 9.84 Å². The standard InChI is InChI=1S/C14H10Br2O3/c15-11-5-2-6-12(16)13(11)19-8-9-3-1-4-10(7-9)14(17)18/h1-7H,8H2,(H,17,18). The van der Waals surface area contributed by atoms with Crippen LogP contribution in [-0.4, -0.2) is 11.1 Å². The SMILES string of the molecule is O=C(O)c1cccc(COc2c(Br)cccc2Br)c1. The largest absolute Gasteiger partial charge is 0.487 e. The number of rotatable bonds is 4. The fourth-order valence-electron chi connectivity index (χ4n) is 1.57. The molecule has 0 radical (unpaired) electrons. The van der Waals surface area contributed by atoms with Crippen molar-refractivity contribution in [3.8, 4) is 5.75 Å². The van der Waals surface area contributed by atoms with Crippen LogP contribution in [0.1, 0.15) is 15.9 Å². The maximum Gasteiger partial charge on any atom is 0.335 e. The van der Waals surface area contributed by atoms with E-state index in [1.807, 2.05) is 24.3 Å². The molecule has 1 N–H and O–H groups in total. The maximum absolute atomic E-state index is 10.9. The number of carboxylic acid groups (broad SMARTS) is 1. The molecule has 2 aromatic rings. The number of hydrogen-bond donors (Lipinski definition) is 1. The van der Waals surface area contributed by atoms with Crippen molar-refractivity contribution in [2.75, 3.05) is 0 Å². The van der Waals surface area contributed by atoms with E-state index in [2.05, 4.69) is 31.9 Å². The zero-order chi connectivity index (χ0) is 13.8. The number of carboxylic acids is 1. The first-order valence-electron chi connectivity index (χ1n) is 5.47. The summed E-state index contributed by atoms with van der Waals surface area (Å²) in [6.45, 7) is 0.308. The van der Waals surface area contributed by atoms with Crippen LogP contribution in [0.4, 0.5) is 0 Å². The van der Waals surface area contributed by atoms with E-state index in [0.717, 1.165) is 14.5 Å². The summed E-state index contributed by atoms with van der Waals surface area (Å²) in [5.41, 5.74) is 1.06. The minimum atomic E-state index is -0.941. The molecule has 98 valence electrons. The molecule has 0 saturated carbocycles. The van der Waals surface area contributed by atoms with Crippen LogP contribution in [0.2, 0.25) is 0 Å². The van der Waals surface area contributed by atoms with Gasteiger partial charge >= 0.3 is 5.97 Å². The van der Waals surface area contributed by atoms with Crippen LogP contribution < -0.4 is 4.74 Å². The molecule has 0 aromatic heterocycles. The molecule has 0 fully saturated rings. The summed E-state index contributed by atoms with van der Waals surface area (Å²) in [6.07, 6.45) is 0. The second kappa shape index (κ2) is 6.21. The predicted octanol–water partition coefficient (Wildman–Crippen LogP) is 4.49. The van der Waals surface area contributed by atoms with E-state index >= 15 is 0 Å². The van der Waals surface area contributed by atoms with Gasteiger partial charge in [-0.25, -0.2) is 4.79 Å². The average Bonchev–Trinajstić information content (AvgIpc) is 2.38. The molecule has 3 nitrogen and oxygen atoms in total. The lowest BCUT2D eigenvalue weighted by molar-refractivity contribution is 0.0696. The second-order valence-electron chi connectivity index (χ2n) is 3.84. The minimum absolute atomic E-state index is 0.257. The fourth-order valence-corrected chi connectivity index (χ4v) is 2.80. The number of para-hydroxylation sites is 1. The van der Waals surface area contributed by atoms with Crippen LogP contribution in [0.3, 0.4) is 0 Å². The van der Waals surface area contributed by atoms with Gasteiger partial charge in [-0.2, -0.15) is 0 Å². The van der Waals surface area contributed by atoms with Gasteiger partial charge in [-0.1, -0.05) is 18.2 Å². The summed E-state index contributed by atoms with van der Waals surface area (Å²) in [5, 5.41) is 8.93. The molecule has 0 bridgehead atoms. The Kier molecular flexibility index (Phi) is 4.61. The third kappa shape index (κ3) is 3.58. The van der Waals surface area contributed by atoms with Gasteiger partial charge in [0, 0.05) is 0 Å². The van der Waals surface area contributed by atoms with E-state index in [9.17, 15) is 4.79 Å². The lowest BCUT2D eigenvalue weighted by Gasteiger charge is -2.10. The summed E-state index contributed by atoms with van der Waals surface area (Å²) < 4.78 is 7.39. The number of aromatic carboxylic acids is 1. The molecule has 0 spiro atoms. The highest BCUT2D eigenvalue weighted by atomic mass is 79.9. The van der Waals surface area contributed by atoms with E-state index < -0.39 is 5.97 Å². The molecule has 0 aliphatic rings. The maximum atomic E-state index is 10.9. The van der Waals surface area contributed by atoms with E-state index in [1.165, 1.54) is 0 Å². The zero-order valence-corrected chi connectivity index (χ0v) is 12.9. The summed E-state index contributed by atoms with van der Waals surface area (Å²) in [6, 6.07) is 12.4. The van der Waals surface area contributed by atoms with Crippen LogP contribution in [0.5, 0.6) is 5.75 Å². The highest BCUT2D eigenvalue weighted by molar-refractivity contribution is 9.11. The molecule has 19 heavy (non-hydrogen) atoms. The highest BCUT2D eigenvalue weighted by Crippen LogP contribution is 2.33. The number of hydrogen-bond acceptors (Lipinski definition) is 2. The molecule has 0 aliphatic heterocycles. The van der Waals surface area contributed by atoms with Gasteiger partial charge in [-0.05, 0) is 61.7 Å². The topological polar surface area (TPSA) is 46.5 Å². The number of halogens is 2. The number of ether oxygens (including phenoxy) is 1. The quantitative estimate of drug-likeness (QED) is 0.843. The molecule has 2 rings (SSSR count). The fraction of sp³-hybridized carbons (Fsp3) is 0.0714. The van der Waals surface area contributed by atoms with Crippen molar-refractivity contribution >= 4 is 37.8 Å². The van der Waals surface area contributed by atoms with Crippen molar-refractivity contribution in [3.63, 3.8) is 0 Å². The molecule has 0 saturated heterocycles. The average molecular weight is 386 g/mol. The van der Waals surface area contributed by atoms with Gasteiger partial charge in [-0.3, -0.25) is 0 Å². The normalized spacial score (nSPS) is 10.2. The number of benzene rings is 2. The predicted molar refractivity (Wildman–Crippen MR) is 79.6 cm³/mol. The van der Waals surface area contributed by atoms with Crippen LogP contribution in [0.15, 0.2) is 51.4 Å². The smallest absolute Gasteiger partial charge is 0.335 e. The van der Waals surface area contributed by atoms with Crippen molar-refractivity contribution in [2.45, 2.75) is 6.61 Å². The van der Waals surface area contributed by atoms with E-state index in [0.29, 0.717) is 12.4 Å². The van der Waals surface area contributed by atoms with Crippen molar-refractivity contribution in [1.82, 2.24) is 0 Å². The number of carbonyl (C=O) groups is 1. The lowest BCUT2D eigenvalue weighted by Crippen LogP contribution is -2.00. The summed E-state index contributed by atoms with van der Waals surface area (Å²) in [5.74, 6) is -0.243. The zero-order valence-electron chi connectivity index (χ0n) is 9.77. The van der Waals surface area contributed by atoms with Gasteiger partial charge in [-0.15, -0.1) is 0 Å². The van der Waals surface area contributed by atoms with E-state index in [1.54, 1.807) is 18.2 Å². The van der Waals surface area contributed by atoms with Crippen molar-refractivity contribution < 1.29 is 14.6 Å². The first kappa shape index (κ1) is 14.1. The second-order valence-corrected chi connectivity index (χ2v) is 5.55. The summed E-state index contributed by atoms with van der Waals surface area (Å²) >= 11 is 6.82. The third-order valence-electron chi connectivity index (χ3n) is 2.48. The molecule has 0 unspecified atom stereocenters. The van der Waals surface area contributed by atoms with E-state index in [-0.39, 0.29) is 5.56 Å². The molecular weight excluding hydrogens is 376 g/mol. The van der Waals surface area contributed by atoms with Crippen LogP contribution >= 0.6 is 31.9 Å². The minimum Gasteiger partial charge on any atom is -0.487 e. The van der Waals surface area contributed by atoms with Crippen molar-refractivity contribution in [3.05, 3.63) is 62.5 Å². The summed E-state index contributed by atoms with van der Waals surface area (Å²) in [4.78, 5) is 10.9. The van der Waals surface area contributed by atoms with Gasteiger partial charge in [0.1, 0.15) is 12.4 Å². The Morgan fingerprint density at radius 2 is 1.74 bits per heavy atom. The molecule has 0 atom stereocenters. The Labute approximate surface area is 127 Å². The Morgan fingerprint density at radius 3 is 2.37 bits per heavy atom. The van der Waals surface area contributed by atoms with Crippen molar-refractivity contribution in [1.29, 1.82) is 0 Å². The monoisotopic (exact) mass is 384 g/mol. The molecular formula is C14H10Br2O3.